The highest BCUT2D eigenvalue weighted by atomic mass is 16.5. The van der Waals surface area contributed by atoms with Crippen LogP contribution in [0.1, 0.15) is 10.6 Å². The van der Waals surface area contributed by atoms with Crippen molar-refractivity contribution < 1.29 is 9.53 Å². The van der Waals surface area contributed by atoms with Crippen LogP contribution in [0.2, 0.25) is 0 Å². The summed E-state index contributed by atoms with van der Waals surface area (Å²) < 4.78 is 5.14. The molecule has 1 fully saturated rings. The first kappa shape index (κ1) is 9.08. The molecule has 0 aromatic carbocycles. The number of nitrogens with zero attached hydrogens (tertiary/aromatic N) is 3. The Morgan fingerprint density at radius 1 is 1.36 bits per heavy atom. The lowest BCUT2D eigenvalue weighted by Crippen LogP contribution is -2.41. The maximum atomic E-state index is 11.7. The summed E-state index contributed by atoms with van der Waals surface area (Å²) in [6.45, 7) is 2.40. The quantitative estimate of drug-likeness (QED) is 0.615. The third kappa shape index (κ3) is 1.88. The normalized spacial score (nSPS) is 16.7. The van der Waals surface area contributed by atoms with Gasteiger partial charge in [-0.3, -0.25) is 4.79 Å². The van der Waals surface area contributed by atoms with Crippen LogP contribution in [0, 0.1) is 6.07 Å². The number of carbonyl (C=O) groups is 1. The minimum Gasteiger partial charge on any atom is -0.378 e. The molecular formula is C9H10N3O2. The summed E-state index contributed by atoms with van der Waals surface area (Å²) in [5, 5.41) is 0. The molecule has 1 amide bonds. The van der Waals surface area contributed by atoms with Gasteiger partial charge in [0.15, 0.2) is 0 Å². The van der Waals surface area contributed by atoms with E-state index in [0.29, 0.717) is 26.3 Å². The van der Waals surface area contributed by atoms with Gasteiger partial charge in [-0.1, -0.05) is 0 Å². The lowest BCUT2D eigenvalue weighted by molar-refractivity contribution is 0.0294. The Morgan fingerprint density at radius 2 is 2.00 bits per heavy atom. The Morgan fingerprint density at radius 3 is 2.64 bits per heavy atom. The number of aromatic nitrogens is 2. The molecule has 2 rings (SSSR count). The second-order valence-electron chi connectivity index (χ2n) is 2.91. The summed E-state index contributed by atoms with van der Waals surface area (Å²) in [6.07, 6.45) is 2.89. The summed E-state index contributed by atoms with van der Waals surface area (Å²) in [6, 6.07) is 2.67. The van der Waals surface area contributed by atoms with Crippen molar-refractivity contribution in [2.75, 3.05) is 26.3 Å². The highest BCUT2D eigenvalue weighted by molar-refractivity contribution is 5.90. The molecule has 1 aromatic rings. The molecule has 0 saturated carbocycles. The lowest BCUT2D eigenvalue weighted by atomic mass is 10.4. The number of carbonyl (C=O) groups excluding carboxylic acids is 1. The molecule has 1 aliphatic heterocycles. The third-order valence-electron chi connectivity index (χ3n) is 2.01. The van der Waals surface area contributed by atoms with Gasteiger partial charge >= 0.3 is 0 Å². The maximum Gasteiger partial charge on any atom is 0.291 e. The first-order chi connectivity index (χ1) is 6.88. The van der Waals surface area contributed by atoms with Gasteiger partial charge in [-0.25, -0.2) is 9.97 Å². The largest absolute Gasteiger partial charge is 0.378 e. The molecule has 0 unspecified atom stereocenters. The van der Waals surface area contributed by atoms with Crippen molar-refractivity contribution in [1.82, 2.24) is 14.9 Å². The number of morpholine rings is 1. The van der Waals surface area contributed by atoms with E-state index in [-0.39, 0.29) is 11.7 Å². The Balaban J connectivity index is 2.07. The van der Waals surface area contributed by atoms with Crippen molar-refractivity contribution in [3.63, 3.8) is 0 Å². The van der Waals surface area contributed by atoms with E-state index >= 15 is 0 Å². The fourth-order valence-electron chi connectivity index (χ4n) is 1.28. The van der Waals surface area contributed by atoms with E-state index in [2.05, 4.69) is 16.0 Å². The topological polar surface area (TPSA) is 55.3 Å². The molecule has 5 nitrogen and oxygen atoms in total. The first-order valence-electron chi connectivity index (χ1n) is 4.43. The van der Waals surface area contributed by atoms with Crippen LogP contribution in [-0.2, 0) is 4.74 Å². The highest BCUT2D eigenvalue weighted by Crippen LogP contribution is 2.01. The van der Waals surface area contributed by atoms with Crippen LogP contribution in [0.4, 0.5) is 0 Å². The van der Waals surface area contributed by atoms with Crippen molar-refractivity contribution in [3.05, 3.63) is 24.3 Å². The maximum absolute atomic E-state index is 11.7. The summed E-state index contributed by atoms with van der Waals surface area (Å²) in [5.74, 6) is 0.0907. The molecule has 1 saturated heterocycles. The van der Waals surface area contributed by atoms with Gasteiger partial charge in [0.2, 0.25) is 5.82 Å². The van der Waals surface area contributed by atoms with Crippen LogP contribution >= 0.6 is 0 Å². The van der Waals surface area contributed by atoms with Crippen LogP contribution in [0.25, 0.3) is 0 Å². The molecule has 14 heavy (non-hydrogen) atoms. The molecule has 1 aliphatic rings. The molecular weight excluding hydrogens is 182 g/mol. The van der Waals surface area contributed by atoms with Gasteiger partial charge in [0, 0.05) is 31.5 Å². The predicted molar refractivity (Wildman–Crippen MR) is 47.6 cm³/mol. The second-order valence-corrected chi connectivity index (χ2v) is 2.91. The van der Waals surface area contributed by atoms with E-state index in [1.54, 1.807) is 4.90 Å². The van der Waals surface area contributed by atoms with E-state index in [9.17, 15) is 4.79 Å². The van der Waals surface area contributed by atoms with E-state index in [1.165, 1.54) is 12.4 Å². The molecule has 0 bridgehead atoms. The van der Waals surface area contributed by atoms with E-state index < -0.39 is 0 Å². The molecule has 0 atom stereocenters. The van der Waals surface area contributed by atoms with E-state index in [1.807, 2.05) is 0 Å². The van der Waals surface area contributed by atoms with Gasteiger partial charge in [-0.2, -0.15) is 0 Å². The van der Waals surface area contributed by atoms with E-state index in [0.717, 1.165) is 0 Å². The number of amides is 1. The van der Waals surface area contributed by atoms with Crippen molar-refractivity contribution >= 4 is 5.91 Å². The summed E-state index contributed by atoms with van der Waals surface area (Å²) in [4.78, 5) is 21.1. The van der Waals surface area contributed by atoms with Crippen LogP contribution in [-0.4, -0.2) is 47.1 Å². The van der Waals surface area contributed by atoms with Gasteiger partial charge in [-0.15, -0.1) is 0 Å². The molecule has 5 heteroatoms. The summed E-state index contributed by atoms with van der Waals surface area (Å²) >= 11 is 0. The number of hydrogen-bond donors (Lipinski definition) is 0. The van der Waals surface area contributed by atoms with Gasteiger partial charge in [0.05, 0.1) is 13.2 Å². The molecule has 0 N–H and O–H groups in total. The molecule has 1 radical (unpaired) electrons. The van der Waals surface area contributed by atoms with Crippen molar-refractivity contribution in [1.29, 1.82) is 0 Å². The van der Waals surface area contributed by atoms with Gasteiger partial charge in [0.1, 0.15) is 0 Å². The Hall–Kier alpha value is -1.49. The standard InChI is InChI=1S/C9H10N3O2/c13-9(8-10-2-1-3-11-8)12-4-6-14-7-5-12/h2-3H,4-7H2. The zero-order valence-electron chi connectivity index (χ0n) is 7.64. The number of hydrogen-bond acceptors (Lipinski definition) is 4. The van der Waals surface area contributed by atoms with E-state index in [4.69, 9.17) is 4.74 Å². The Labute approximate surface area is 81.7 Å². The van der Waals surface area contributed by atoms with Crippen molar-refractivity contribution in [3.8, 4) is 0 Å². The third-order valence-corrected chi connectivity index (χ3v) is 2.01. The molecule has 0 aliphatic carbocycles. The molecule has 1 aromatic heterocycles. The van der Waals surface area contributed by atoms with Gasteiger partial charge in [0.25, 0.3) is 5.91 Å². The van der Waals surface area contributed by atoms with Crippen LogP contribution in [0.15, 0.2) is 12.4 Å². The van der Waals surface area contributed by atoms with Crippen LogP contribution in [0.5, 0.6) is 0 Å². The Kier molecular flexibility index (Phi) is 2.69. The minimum atomic E-state index is -0.137. The zero-order chi connectivity index (χ0) is 9.80. The Bertz CT molecular complexity index is 309. The average Bonchev–Trinajstić information content (AvgIpc) is 2.30. The average molecular weight is 192 g/mol. The highest BCUT2D eigenvalue weighted by Gasteiger charge is 2.19. The van der Waals surface area contributed by atoms with Gasteiger partial charge in [-0.05, 0) is 0 Å². The second kappa shape index (κ2) is 4.15. The van der Waals surface area contributed by atoms with Crippen molar-refractivity contribution in [2.45, 2.75) is 0 Å². The van der Waals surface area contributed by atoms with Crippen LogP contribution in [0.3, 0.4) is 0 Å². The first-order valence-corrected chi connectivity index (χ1v) is 4.43. The van der Waals surface area contributed by atoms with Crippen molar-refractivity contribution in [2.24, 2.45) is 0 Å². The number of rotatable bonds is 1. The fraction of sp³-hybridized carbons (Fsp3) is 0.444. The molecule has 0 spiro atoms. The SMILES string of the molecule is O=C(c1nc[c]cn1)N1CCOCC1. The smallest absolute Gasteiger partial charge is 0.291 e. The number of ether oxygens (including phenoxy) is 1. The lowest BCUT2D eigenvalue weighted by Gasteiger charge is -2.25. The molecule has 2 heterocycles. The fourth-order valence-corrected chi connectivity index (χ4v) is 1.28. The van der Waals surface area contributed by atoms with Crippen LogP contribution < -0.4 is 0 Å². The monoisotopic (exact) mass is 192 g/mol. The summed E-state index contributed by atoms with van der Waals surface area (Å²) in [5.41, 5.74) is 0. The van der Waals surface area contributed by atoms with Gasteiger partial charge < -0.3 is 9.64 Å². The minimum absolute atomic E-state index is 0.137. The molecule has 73 valence electrons. The summed E-state index contributed by atoms with van der Waals surface area (Å²) in [7, 11) is 0. The predicted octanol–water partition coefficient (Wildman–Crippen LogP) is -0.251. The zero-order valence-corrected chi connectivity index (χ0v) is 7.64.